The lowest BCUT2D eigenvalue weighted by molar-refractivity contribution is -0.140. The summed E-state index contributed by atoms with van der Waals surface area (Å²) in [7, 11) is 1.60. The molecule has 2 amide bonds. The molecule has 0 unspecified atom stereocenters. The first-order chi connectivity index (χ1) is 15.0. The van der Waals surface area contributed by atoms with Crippen molar-refractivity contribution < 1.29 is 9.59 Å². The molecular weight excluding hydrogens is 408 g/mol. The number of likely N-dealkylation sites (N-methyl/N-ethyl adjacent to an activating group) is 1. The number of nitrogens with one attached hydrogen (secondary N) is 1. The van der Waals surface area contributed by atoms with E-state index >= 15 is 0 Å². The van der Waals surface area contributed by atoms with Gasteiger partial charge in [-0.1, -0.05) is 83.9 Å². The van der Waals surface area contributed by atoms with Gasteiger partial charge in [-0.05, 0) is 35.7 Å². The fourth-order valence-corrected chi connectivity index (χ4v) is 3.75. The molecule has 0 saturated heterocycles. The van der Waals surface area contributed by atoms with Gasteiger partial charge in [0.05, 0.1) is 6.42 Å². The molecule has 3 aromatic rings. The van der Waals surface area contributed by atoms with E-state index in [1.165, 1.54) is 0 Å². The second-order valence-electron chi connectivity index (χ2n) is 7.63. The molecule has 1 atom stereocenters. The van der Waals surface area contributed by atoms with E-state index in [4.69, 9.17) is 11.6 Å². The van der Waals surface area contributed by atoms with Gasteiger partial charge in [-0.2, -0.15) is 0 Å². The molecule has 0 radical (unpaired) electrons. The minimum Gasteiger partial charge on any atom is -0.357 e. The fraction of sp³-hybridized carbons (Fsp3) is 0.231. The second kappa shape index (κ2) is 10.8. The van der Waals surface area contributed by atoms with E-state index < -0.39 is 6.04 Å². The minimum atomic E-state index is -0.635. The monoisotopic (exact) mass is 434 g/mol. The van der Waals surface area contributed by atoms with Crippen LogP contribution in [0.25, 0.3) is 0 Å². The van der Waals surface area contributed by atoms with Crippen molar-refractivity contribution in [2.24, 2.45) is 0 Å². The van der Waals surface area contributed by atoms with E-state index in [0.717, 1.165) is 22.3 Å². The summed E-state index contributed by atoms with van der Waals surface area (Å²) < 4.78 is 0. The summed E-state index contributed by atoms with van der Waals surface area (Å²) in [6.45, 7) is 2.31. The van der Waals surface area contributed by atoms with Crippen LogP contribution in [0.3, 0.4) is 0 Å². The predicted octanol–water partition coefficient (Wildman–Crippen LogP) is 4.58. The molecule has 0 aromatic heterocycles. The van der Waals surface area contributed by atoms with Crippen LogP contribution in [0.5, 0.6) is 0 Å². The maximum absolute atomic E-state index is 13.5. The van der Waals surface area contributed by atoms with Crippen molar-refractivity contribution in [3.63, 3.8) is 0 Å². The number of hydrogen-bond acceptors (Lipinski definition) is 2. The number of rotatable bonds is 8. The average molecular weight is 435 g/mol. The lowest BCUT2D eigenvalue weighted by Gasteiger charge is -2.31. The molecule has 31 heavy (non-hydrogen) atoms. The van der Waals surface area contributed by atoms with Crippen LogP contribution in [0.2, 0.25) is 5.02 Å². The van der Waals surface area contributed by atoms with E-state index in [1.807, 2.05) is 79.7 Å². The van der Waals surface area contributed by atoms with Gasteiger partial charge in [-0.25, -0.2) is 0 Å². The summed E-state index contributed by atoms with van der Waals surface area (Å²) >= 11 is 6.17. The number of amides is 2. The Labute approximate surface area is 188 Å². The third-order valence-corrected chi connectivity index (χ3v) is 5.47. The zero-order valence-corrected chi connectivity index (χ0v) is 18.6. The number of carbonyl (C=O) groups excluding carboxylic acids is 2. The van der Waals surface area contributed by atoms with Crippen LogP contribution in [0, 0.1) is 6.92 Å². The third kappa shape index (κ3) is 6.43. The highest BCUT2D eigenvalue weighted by atomic mass is 35.5. The number of aryl methyl sites for hydroxylation is 1. The summed E-state index contributed by atoms with van der Waals surface area (Å²) in [5.41, 5.74) is 3.93. The molecule has 5 heteroatoms. The summed E-state index contributed by atoms with van der Waals surface area (Å²) in [6.07, 6.45) is 0.657. The van der Waals surface area contributed by atoms with Gasteiger partial charge in [0.1, 0.15) is 6.04 Å². The number of carbonyl (C=O) groups is 2. The lowest BCUT2D eigenvalue weighted by atomic mass is 10.0. The maximum atomic E-state index is 13.5. The Morgan fingerprint density at radius 3 is 2.23 bits per heavy atom. The Morgan fingerprint density at radius 1 is 0.903 bits per heavy atom. The maximum Gasteiger partial charge on any atom is 0.242 e. The molecule has 3 aromatic carbocycles. The molecule has 0 spiro atoms. The van der Waals surface area contributed by atoms with Crippen LogP contribution in [0.4, 0.5) is 0 Å². The molecule has 0 aliphatic carbocycles. The van der Waals surface area contributed by atoms with E-state index in [9.17, 15) is 9.59 Å². The molecule has 0 aliphatic heterocycles. The number of nitrogens with zero attached hydrogens (tertiary/aromatic N) is 1. The van der Waals surface area contributed by atoms with Gasteiger partial charge in [0.2, 0.25) is 11.8 Å². The molecule has 3 rings (SSSR count). The van der Waals surface area contributed by atoms with Crippen molar-refractivity contribution in [2.75, 3.05) is 7.05 Å². The van der Waals surface area contributed by atoms with E-state index in [0.29, 0.717) is 18.0 Å². The zero-order chi connectivity index (χ0) is 22.2. The van der Waals surface area contributed by atoms with Gasteiger partial charge in [0.25, 0.3) is 0 Å². The largest absolute Gasteiger partial charge is 0.357 e. The number of hydrogen-bond donors (Lipinski definition) is 1. The topological polar surface area (TPSA) is 49.4 Å². The highest BCUT2D eigenvalue weighted by Crippen LogP contribution is 2.19. The van der Waals surface area contributed by atoms with Gasteiger partial charge < -0.3 is 10.2 Å². The van der Waals surface area contributed by atoms with Crippen LogP contribution in [0.15, 0.2) is 78.9 Å². The van der Waals surface area contributed by atoms with Crippen LogP contribution >= 0.6 is 11.6 Å². The first-order valence-corrected chi connectivity index (χ1v) is 10.7. The zero-order valence-electron chi connectivity index (χ0n) is 17.8. The van der Waals surface area contributed by atoms with Gasteiger partial charge in [0, 0.05) is 25.0 Å². The van der Waals surface area contributed by atoms with Crippen molar-refractivity contribution in [3.05, 3.63) is 106 Å². The van der Waals surface area contributed by atoms with E-state index in [1.54, 1.807) is 18.0 Å². The molecule has 1 N–H and O–H groups in total. The average Bonchev–Trinajstić information content (AvgIpc) is 2.78. The highest BCUT2D eigenvalue weighted by molar-refractivity contribution is 6.30. The van der Waals surface area contributed by atoms with Crippen molar-refractivity contribution in [2.45, 2.75) is 32.4 Å². The molecule has 0 heterocycles. The van der Waals surface area contributed by atoms with Crippen LogP contribution in [-0.2, 0) is 29.0 Å². The smallest absolute Gasteiger partial charge is 0.242 e. The van der Waals surface area contributed by atoms with Gasteiger partial charge in [-0.3, -0.25) is 9.59 Å². The van der Waals surface area contributed by atoms with Crippen molar-refractivity contribution in [1.29, 1.82) is 0 Å². The van der Waals surface area contributed by atoms with Crippen LogP contribution in [0.1, 0.15) is 22.3 Å². The summed E-state index contributed by atoms with van der Waals surface area (Å²) in [5.74, 6) is -0.295. The van der Waals surface area contributed by atoms with Crippen molar-refractivity contribution >= 4 is 23.4 Å². The first-order valence-electron chi connectivity index (χ1n) is 10.3. The summed E-state index contributed by atoms with van der Waals surface area (Å²) in [4.78, 5) is 28.0. The molecule has 0 fully saturated rings. The normalized spacial score (nSPS) is 11.6. The molecule has 0 aliphatic rings. The van der Waals surface area contributed by atoms with Crippen LogP contribution in [-0.4, -0.2) is 29.8 Å². The standard InChI is InChI=1S/C26H27ClN2O2/c1-19-11-13-21(14-12-19)17-25(30)29(18-22-9-6-10-23(27)15-22)24(26(31)28-2)16-20-7-4-3-5-8-20/h3-15,24H,16-18H2,1-2H3,(H,28,31)/t24-/m0/s1. The first kappa shape index (κ1) is 22.6. The summed E-state index contributed by atoms with van der Waals surface area (Å²) in [5, 5.41) is 3.33. The van der Waals surface area contributed by atoms with Gasteiger partial charge >= 0.3 is 0 Å². The van der Waals surface area contributed by atoms with Crippen LogP contribution < -0.4 is 5.32 Å². The van der Waals surface area contributed by atoms with Gasteiger partial charge in [-0.15, -0.1) is 0 Å². The highest BCUT2D eigenvalue weighted by Gasteiger charge is 2.29. The Kier molecular flexibility index (Phi) is 7.85. The Hall–Kier alpha value is -3.11. The fourth-order valence-electron chi connectivity index (χ4n) is 3.53. The lowest BCUT2D eigenvalue weighted by Crippen LogP contribution is -2.50. The Balaban J connectivity index is 1.93. The second-order valence-corrected chi connectivity index (χ2v) is 8.07. The molecule has 0 bridgehead atoms. The van der Waals surface area contributed by atoms with Gasteiger partial charge in [0.15, 0.2) is 0 Å². The molecule has 0 saturated carbocycles. The van der Waals surface area contributed by atoms with Crippen molar-refractivity contribution in [1.82, 2.24) is 10.2 Å². The number of halogens is 1. The number of benzene rings is 3. The molecule has 4 nitrogen and oxygen atoms in total. The van der Waals surface area contributed by atoms with E-state index in [-0.39, 0.29) is 18.2 Å². The Bertz CT molecular complexity index is 1020. The predicted molar refractivity (Wildman–Crippen MR) is 125 cm³/mol. The van der Waals surface area contributed by atoms with Crippen molar-refractivity contribution in [3.8, 4) is 0 Å². The SMILES string of the molecule is CNC(=O)[C@H](Cc1ccccc1)N(Cc1cccc(Cl)c1)C(=O)Cc1ccc(C)cc1. The summed E-state index contributed by atoms with van der Waals surface area (Å²) in [6, 6.07) is 24.4. The molecule has 160 valence electrons. The third-order valence-electron chi connectivity index (χ3n) is 5.24. The quantitative estimate of drug-likeness (QED) is 0.564. The minimum absolute atomic E-state index is 0.103. The molecular formula is C26H27ClN2O2. The Morgan fingerprint density at radius 2 is 1.58 bits per heavy atom. The van der Waals surface area contributed by atoms with E-state index in [2.05, 4.69) is 5.32 Å².